The van der Waals surface area contributed by atoms with Gasteiger partial charge < -0.3 is 10.0 Å². The zero-order valence-corrected chi connectivity index (χ0v) is 11.4. The van der Waals surface area contributed by atoms with E-state index in [4.69, 9.17) is 16.7 Å². The number of aromatic nitrogens is 2. The number of nitrogens with zero attached hydrogens (tertiary/aromatic N) is 3. The standard InChI is InChI=1S/C12H11ClF3N3O2/c13-10-17-7(12(14,15)16)1-8(18-10)19-4-11(5-19)2-6(3-11)9(20)21/h1,6H,2-5H2,(H,20,21). The van der Waals surface area contributed by atoms with Gasteiger partial charge >= 0.3 is 12.1 Å². The van der Waals surface area contributed by atoms with Crippen LogP contribution in [0.25, 0.3) is 0 Å². The molecule has 1 spiro atoms. The fourth-order valence-corrected chi connectivity index (χ4v) is 3.23. The molecule has 114 valence electrons. The molecule has 3 rings (SSSR count). The van der Waals surface area contributed by atoms with E-state index in [1.165, 1.54) is 0 Å². The van der Waals surface area contributed by atoms with Gasteiger partial charge in [-0.25, -0.2) is 9.97 Å². The van der Waals surface area contributed by atoms with Crippen molar-refractivity contribution < 1.29 is 23.1 Å². The van der Waals surface area contributed by atoms with Crippen LogP contribution in [-0.4, -0.2) is 34.1 Å². The molecule has 21 heavy (non-hydrogen) atoms. The summed E-state index contributed by atoms with van der Waals surface area (Å²) in [4.78, 5) is 19.4. The van der Waals surface area contributed by atoms with Gasteiger partial charge in [0.2, 0.25) is 5.28 Å². The molecule has 1 aliphatic carbocycles. The Bertz CT molecular complexity index is 594. The lowest BCUT2D eigenvalue weighted by molar-refractivity contribution is -0.151. The van der Waals surface area contributed by atoms with Crippen LogP contribution in [-0.2, 0) is 11.0 Å². The average Bonchev–Trinajstić information content (AvgIpc) is 2.22. The van der Waals surface area contributed by atoms with Crippen molar-refractivity contribution in [2.75, 3.05) is 18.0 Å². The largest absolute Gasteiger partial charge is 0.481 e. The molecule has 5 nitrogen and oxygen atoms in total. The van der Waals surface area contributed by atoms with Crippen molar-refractivity contribution >= 4 is 23.4 Å². The van der Waals surface area contributed by atoms with E-state index >= 15 is 0 Å². The minimum atomic E-state index is -4.57. The van der Waals surface area contributed by atoms with Crippen molar-refractivity contribution in [2.45, 2.75) is 19.0 Å². The number of rotatable bonds is 2. The van der Waals surface area contributed by atoms with Crippen LogP contribution in [0.2, 0.25) is 5.28 Å². The molecule has 1 aromatic rings. The number of anilines is 1. The zero-order valence-electron chi connectivity index (χ0n) is 10.7. The Morgan fingerprint density at radius 1 is 1.38 bits per heavy atom. The first kappa shape index (κ1) is 14.4. The second-order valence-electron chi connectivity index (χ2n) is 5.68. The molecule has 1 saturated heterocycles. The van der Waals surface area contributed by atoms with Crippen LogP contribution in [0, 0.1) is 11.3 Å². The monoisotopic (exact) mass is 321 g/mol. The summed E-state index contributed by atoms with van der Waals surface area (Å²) in [6.07, 6.45) is -3.46. The number of aliphatic carboxylic acids is 1. The first-order valence-corrected chi connectivity index (χ1v) is 6.66. The first-order valence-electron chi connectivity index (χ1n) is 6.28. The summed E-state index contributed by atoms with van der Waals surface area (Å²) in [5.74, 6) is -1.03. The van der Waals surface area contributed by atoms with E-state index in [1.54, 1.807) is 4.90 Å². The Morgan fingerprint density at radius 3 is 2.52 bits per heavy atom. The molecule has 0 aromatic carbocycles. The Labute approximate surface area is 122 Å². The highest BCUT2D eigenvalue weighted by atomic mass is 35.5. The maximum absolute atomic E-state index is 12.7. The number of carbonyl (C=O) groups is 1. The van der Waals surface area contributed by atoms with Gasteiger partial charge in [-0.2, -0.15) is 13.2 Å². The topological polar surface area (TPSA) is 66.3 Å². The zero-order chi connectivity index (χ0) is 15.4. The molecule has 0 unspecified atom stereocenters. The Balaban J connectivity index is 1.70. The van der Waals surface area contributed by atoms with Crippen LogP contribution in [0.4, 0.5) is 19.0 Å². The van der Waals surface area contributed by atoms with Crippen molar-refractivity contribution in [3.63, 3.8) is 0 Å². The van der Waals surface area contributed by atoms with E-state index < -0.39 is 23.1 Å². The number of alkyl halides is 3. The molecule has 0 amide bonds. The Kier molecular flexibility index (Phi) is 3.05. The highest BCUT2D eigenvalue weighted by Gasteiger charge is 2.55. The summed E-state index contributed by atoms with van der Waals surface area (Å²) in [5.41, 5.74) is -1.17. The Hall–Kier alpha value is -1.57. The maximum Gasteiger partial charge on any atom is 0.433 e. The lowest BCUT2D eigenvalue weighted by Crippen LogP contribution is -2.63. The molecule has 1 aliphatic heterocycles. The molecule has 0 bridgehead atoms. The van der Waals surface area contributed by atoms with Gasteiger partial charge in [-0.15, -0.1) is 0 Å². The summed E-state index contributed by atoms with van der Waals surface area (Å²) in [6, 6.07) is 0.867. The quantitative estimate of drug-likeness (QED) is 0.848. The fourth-order valence-electron chi connectivity index (χ4n) is 3.06. The summed E-state index contributed by atoms with van der Waals surface area (Å²) in [6.45, 7) is 1.00. The van der Waals surface area contributed by atoms with Gasteiger partial charge in [-0.05, 0) is 24.4 Å². The molecule has 1 saturated carbocycles. The van der Waals surface area contributed by atoms with E-state index in [0.29, 0.717) is 25.9 Å². The van der Waals surface area contributed by atoms with Crippen LogP contribution in [0.1, 0.15) is 18.5 Å². The summed E-state index contributed by atoms with van der Waals surface area (Å²) in [5, 5.41) is 8.41. The minimum Gasteiger partial charge on any atom is -0.481 e. The predicted octanol–water partition coefficient (Wildman–Crippen LogP) is 2.45. The molecule has 0 radical (unpaired) electrons. The van der Waals surface area contributed by atoms with E-state index in [-0.39, 0.29) is 17.2 Å². The lowest BCUT2D eigenvalue weighted by Gasteiger charge is -2.58. The molecular formula is C12H11ClF3N3O2. The van der Waals surface area contributed by atoms with Crippen molar-refractivity contribution in [1.29, 1.82) is 0 Å². The van der Waals surface area contributed by atoms with Crippen molar-refractivity contribution in [2.24, 2.45) is 11.3 Å². The molecule has 1 N–H and O–H groups in total. The molecular weight excluding hydrogens is 311 g/mol. The molecule has 0 atom stereocenters. The fraction of sp³-hybridized carbons (Fsp3) is 0.583. The van der Waals surface area contributed by atoms with Crippen molar-refractivity contribution in [3.8, 4) is 0 Å². The third kappa shape index (κ3) is 2.52. The number of halogens is 4. The predicted molar refractivity (Wildman–Crippen MR) is 67.0 cm³/mol. The van der Waals surface area contributed by atoms with Crippen LogP contribution in [0.5, 0.6) is 0 Å². The van der Waals surface area contributed by atoms with Gasteiger partial charge in [0.05, 0.1) is 5.92 Å². The number of carboxylic acids is 1. The van der Waals surface area contributed by atoms with E-state index in [1.807, 2.05) is 0 Å². The van der Waals surface area contributed by atoms with Gasteiger partial charge in [0.25, 0.3) is 0 Å². The van der Waals surface area contributed by atoms with E-state index in [2.05, 4.69) is 9.97 Å². The van der Waals surface area contributed by atoms with Crippen LogP contribution in [0.3, 0.4) is 0 Å². The van der Waals surface area contributed by atoms with Gasteiger partial charge in [0.1, 0.15) is 5.82 Å². The SMILES string of the molecule is O=C(O)C1CC2(C1)CN(c1cc(C(F)(F)F)nc(Cl)n1)C2. The number of hydrogen-bond acceptors (Lipinski definition) is 4. The van der Waals surface area contributed by atoms with Crippen LogP contribution >= 0.6 is 11.6 Å². The average molecular weight is 322 g/mol. The highest BCUT2D eigenvalue weighted by Crippen LogP contribution is 2.52. The summed E-state index contributed by atoms with van der Waals surface area (Å²) in [7, 11) is 0. The summed E-state index contributed by atoms with van der Waals surface area (Å²) >= 11 is 5.54. The van der Waals surface area contributed by atoms with Gasteiger partial charge in [0.15, 0.2) is 5.69 Å². The second-order valence-corrected chi connectivity index (χ2v) is 6.02. The van der Waals surface area contributed by atoms with Crippen molar-refractivity contribution in [1.82, 2.24) is 9.97 Å². The molecule has 9 heteroatoms. The second kappa shape index (κ2) is 4.46. The molecule has 2 aliphatic rings. The molecule has 2 fully saturated rings. The van der Waals surface area contributed by atoms with Crippen LogP contribution in [0.15, 0.2) is 6.07 Å². The van der Waals surface area contributed by atoms with Crippen LogP contribution < -0.4 is 4.90 Å². The first-order chi connectivity index (χ1) is 9.68. The normalized spacial score (nSPS) is 21.0. The van der Waals surface area contributed by atoms with Gasteiger partial charge in [0, 0.05) is 24.6 Å². The minimum absolute atomic E-state index is 0.0983. The third-order valence-electron chi connectivity index (χ3n) is 4.06. The van der Waals surface area contributed by atoms with Gasteiger partial charge in [-0.3, -0.25) is 4.79 Å². The molecule has 1 aromatic heterocycles. The molecule has 2 heterocycles. The number of hydrogen-bond donors (Lipinski definition) is 1. The smallest absolute Gasteiger partial charge is 0.433 e. The number of carboxylic acid groups (broad SMARTS) is 1. The third-order valence-corrected chi connectivity index (χ3v) is 4.23. The van der Waals surface area contributed by atoms with Crippen molar-refractivity contribution in [3.05, 3.63) is 17.0 Å². The maximum atomic E-state index is 12.7. The lowest BCUT2D eigenvalue weighted by atomic mass is 9.58. The highest BCUT2D eigenvalue weighted by molar-refractivity contribution is 6.28. The van der Waals surface area contributed by atoms with Gasteiger partial charge in [-0.1, -0.05) is 0 Å². The summed E-state index contributed by atoms with van der Waals surface area (Å²) < 4.78 is 38.0. The van der Waals surface area contributed by atoms with E-state index in [9.17, 15) is 18.0 Å². The van der Waals surface area contributed by atoms with E-state index in [0.717, 1.165) is 6.07 Å². The Morgan fingerprint density at radius 2 is 2.00 bits per heavy atom.